The molecule has 1 aromatic heterocycles. The Morgan fingerprint density at radius 2 is 2.25 bits per heavy atom. The number of non-ortho nitro benzene ring substituents is 1. The van der Waals surface area contributed by atoms with Crippen molar-refractivity contribution in [2.45, 2.75) is 25.3 Å². The number of nitrogens with zero attached hydrogens (tertiary/aromatic N) is 5. The van der Waals surface area contributed by atoms with E-state index in [9.17, 15) is 14.9 Å². The average Bonchev–Trinajstić information content (AvgIpc) is 3.15. The zero-order valence-electron chi connectivity index (χ0n) is 15.8. The number of nitrogens with one attached hydrogen (secondary N) is 1. The molecule has 0 bridgehead atoms. The van der Waals surface area contributed by atoms with Crippen LogP contribution in [0.1, 0.15) is 19.3 Å². The lowest BCUT2D eigenvalue weighted by Gasteiger charge is -2.29. The second-order valence-corrected chi connectivity index (χ2v) is 6.94. The van der Waals surface area contributed by atoms with E-state index in [0.29, 0.717) is 24.7 Å². The summed E-state index contributed by atoms with van der Waals surface area (Å²) in [5.41, 5.74) is 0.395. The molecule has 1 aromatic carbocycles. The second-order valence-electron chi connectivity index (χ2n) is 6.94. The molecule has 1 aliphatic rings. The van der Waals surface area contributed by atoms with Gasteiger partial charge in [0.15, 0.2) is 5.82 Å². The highest BCUT2D eigenvalue weighted by molar-refractivity contribution is 5.91. The maximum atomic E-state index is 12.2. The number of rotatable bonds is 8. The molecule has 9 heteroatoms. The highest BCUT2D eigenvalue weighted by Crippen LogP contribution is 2.23. The molecule has 9 nitrogen and oxygen atoms in total. The number of nitro groups is 1. The monoisotopic (exact) mass is 384 g/mol. The van der Waals surface area contributed by atoms with E-state index < -0.39 is 4.92 Å². The van der Waals surface area contributed by atoms with Crippen molar-refractivity contribution in [3.8, 4) is 0 Å². The molecule has 148 valence electrons. The molecule has 1 N–H and O–H groups in total. The van der Waals surface area contributed by atoms with Crippen LogP contribution < -0.4 is 10.2 Å². The van der Waals surface area contributed by atoms with Gasteiger partial charge in [0.2, 0.25) is 5.91 Å². The van der Waals surface area contributed by atoms with E-state index in [-0.39, 0.29) is 11.6 Å². The summed E-state index contributed by atoms with van der Waals surface area (Å²) in [6.07, 6.45) is 4.18. The first-order chi connectivity index (χ1) is 13.5. The Balaban J connectivity index is 1.47. The minimum Gasteiger partial charge on any atom is -0.351 e. The number of likely N-dealkylation sites (N-methyl/N-ethyl adjacent to an activating group) is 1. The second kappa shape index (κ2) is 9.23. The number of anilines is 2. The average molecular weight is 384 g/mol. The van der Waals surface area contributed by atoms with Gasteiger partial charge in [-0.2, -0.15) is 5.10 Å². The van der Waals surface area contributed by atoms with Gasteiger partial charge in [-0.1, -0.05) is 6.07 Å². The summed E-state index contributed by atoms with van der Waals surface area (Å²) in [7, 11) is 1.99. The van der Waals surface area contributed by atoms with Crippen LogP contribution in [0.2, 0.25) is 0 Å². The van der Waals surface area contributed by atoms with Crippen molar-refractivity contribution in [2.75, 3.05) is 36.9 Å². The van der Waals surface area contributed by atoms with Crippen molar-refractivity contribution in [2.24, 2.45) is 0 Å². The van der Waals surface area contributed by atoms with Gasteiger partial charge >= 0.3 is 0 Å². The lowest BCUT2D eigenvalue weighted by atomic mass is 10.2. The maximum absolute atomic E-state index is 12.2. The van der Waals surface area contributed by atoms with Gasteiger partial charge in [-0.05, 0) is 38.1 Å². The van der Waals surface area contributed by atoms with E-state index in [0.717, 1.165) is 31.7 Å². The van der Waals surface area contributed by atoms with Gasteiger partial charge in [-0.15, -0.1) is 5.10 Å². The molecule has 2 heterocycles. The lowest BCUT2D eigenvalue weighted by molar-refractivity contribution is -0.384. The minimum atomic E-state index is -0.478. The van der Waals surface area contributed by atoms with E-state index in [1.165, 1.54) is 12.1 Å². The number of amides is 1. The van der Waals surface area contributed by atoms with Crippen molar-refractivity contribution in [1.29, 1.82) is 0 Å². The van der Waals surface area contributed by atoms with Gasteiger partial charge in [0, 0.05) is 56.1 Å². The zero-order chi connectivity index (χ0) is 19.9. The van der Waals surface area contributed by atoms with E-state index >= 15 is 0 Å². The van der Waals surface area contributed by atoms with Gasteiger partial charge in [0.25, 0.3) is 5.69 Å². The fourth-order valence-electron chi connectivity index (χ4n) is 3.44. The topological polar surface area (TPSA) is 104 Å². The molecule has 2 aromatic rings. The van der Waals surface area contributed by atoms with E-state index in [2.05, 4.69) is 25.3 Å². The van der Waals surface area contributed by atoms with E-state index in [1.807, 2.05) is 19.2 Å². The number of aromatic nitrogens is 2. The van der Waals surface area contributed by atoms with Crippen LogP contribution in [0.15, 0.2) is 42.6 Å². The number of carbonyl (C=O) groups excluding carboxylic acids is 1. The number of benzene rings is 1. The smallest absolute Gasteiger partial charge is 0.271 e. The van der Waals surface area contributed by atoms with Crippen molar-refractivity contribution in [3.63, 3.8) is 0 Å². The Bertz CT molecular complexity index is 816. The number of nitro benzene ring substituents is 1. The third-order valence-corrected chi connectivity index (χ3v) is 4.81. The van der Waals surface area contributed by atoms with Crippen molar-refractivity contribution in [3.05, 3.63) is 52.7 Å². The minimum absolute atomic E-state index is 0.0414. The molecule has 1 saturated heterocycles. The van der Waals surface area contributed by atoms with Crippen LogP contribution in [0.25, 0.3) is 0 Å². The molecule has 0 saturated carbocycles. The molecule has 1 aliphatic heterocycles. The van der Waals surface area contributed by atoms with Gasteiger partial charge in [0.05, 0.1) is 4.92 Å². The fraction of sp³-hybridized carbons (Fsp3) is 0.421. The van der Waals surface area contributed by atoms with Gasteiger partial charge in [0.1, 0.15) is 0 Å². The third-order valence-electron chi connectivity index (χ3n) is 4.81. The first kappa shape index (κ1) is 19.7. The van der Waals surface area contributed by atoms with Crippen LogP contribution in [0.4, 0.5) is 17.2 Å². The maximum Gasteiger partial charge on any atom is 0.271 e. The summed E-state index contributed by atoms with van der Waals surface area (Å²) in [6.45, 7) is 2.40. The molecule has 0 spiro atoms. The van der Waals surface area contributed by atoms with Crippen molar-refractivity contribution < 1.29 is 9.72 Å². The van der Waals surface area contributed by atoms with Crippen LogP contribution in [-0.4, -0.2) is 58.7 Å². The summed E-state index contributed by atoms with van der Waals surface area (Å²) in [5, 5.41) is 21.7. The Morgan fingerprint density at radius 3 is 3.00 bits per heavy atom. The number of hydrogen-bond donors (Lipinski definition) is 1. The van der Waals surface area contributed by atoms with Crippen molar-refractivity contribution in [1.82, 2.24) is 15.1 Å². The third kappa shape index (κ3) is 5.23. The Morgan fingerprint density at radius 1 is 1.39 bits per heavy atom. The molecular weight excluding hydrogens is 360 g/mol. The summed E-state index contributed by atoms with van der Waals surface area (Å²) in [4.78, 5) is 26.9. The summed E-state index contributed by atoms with van der Waals surface area (Å²) >= 11 is 0. The predicted octanol–water partition coefficient (Wildman–Crippen LogP) is 2.31. The van der Waals surface area contributed by atoms with Gasteiger partial charge in [-0.25, -0.2) is 0 Å². The Hall–Kier alpha value is -3.07. The zero-order valence-corrected chi connectivity index (χ0v) is 15.8. The van der Waals surface area contributed by atoms with Crippen LogP contribution in [0.5, 0.6) is 0 Å². The Kier molecular flexibility index (Phi) is 6.49. The highest BCUT2D eigenvalue weighted by atomic mass is 16.6. The van der Waals surface area contributed by atoms with E-state index in [1.54, 1.807) is 18.3 Å². The molecule has 1 fully saturated rings. The fourth-order valence-corrected chi connectivity index (χ4v) is 3.44. The molecule has 28 heavy (non-hydrogen) atoms. The molecule has 1 unspecified atom stereocenters. The first-order valence-electron chi connectivity index (χ1n) is 9.30. The molecule has 0 radical (unpaired) electrons. The molecule has 1 amide bonds. The standard InChI is InChI=1S/C19H24N6O3/c1-23(14-17-7-4-11-24(17)18-8-3-10-20-22-18)12-9-19(26)21-15-5-2-6-16(13-15)25(27)28/h2-3,5-6,8,10,13,17H,4,7,9,11-12,14H2,1H3,(H,21,26). The largest absolute Gasteiger partial charge is 0.351 e. The normalized spacial score (nSPS) is 16.4. The SMILES string of the molecule is CN(CCC(=O)Nc1cccc([N+](=O)[O-])c1)CC1CCCN1c1cccnn1. The number of carbonyl (C=O) groups is 1. The lowest BCUT2D eigenvalue weighted by Crippen LogP contribution is -2.40. The summed E-state index contributed by atoms with van der Waals surface area (Å²) in [5.74, 6) is 0.728. The van der Waals surface area contributed by atoms with E-state index in [4.69, 9.17) is 0 Å². The molecular formula is C19H24N6O3. The first-order valence-corrected chi connectivity index (χ1v) is 9.30. The van der Waals surface area contributed by atoms with Crippen LogP contribution in [0.3, 0.4) is 0 Å². The molecule has 0 aliphatic carbocycles. The highest BCUT2D eigenvalue weighted by Gasteiger charge is 2.26. The summed E-state index contributed by atoms with van der Waals surface area (Å²) < 4.78 is 0. The molecule has 3 rings (SSSR count). The van der Waals surface area contributed by atoms with Gasteiger partial charge in [-0.3, -0.25) is 14.9 Å². The van der Waals surface area contributed by atoms with Crippen LogP contribution in [0, 0.1) is 10.1 Å². The van der Waals surface area contributed by atoms with Crippen LogP contribution >= 0.6 is 0 Å². The number of hydrogen-bond acceptors (Lipinski definition) is 7. The van der Waals surface area contributed by atoms with Crippen LogP contribution in [-0.2, 0) is 4.79 Å². The summed E-state index contributed by atoms with van der Waals surface area (Å²) in [6, 6.07) is 10.2. The predicted molar refractivity (Wildman–Crippen MR) is 106 cm³/mol. The quantitative estimate of drug-likeness (QED) is 0.550. The Labute approximate surface area is 163 Å². The van der Waals surface area contributed by atoms with Gasteiger partial charge < -0.3 is 15.1 Å². The molecule has 1 atom stereocenters. The van der Waals surface area contributed by atoms with Crippen molar-refractivity contribution >= 4 is 23.1 Å².